The summed E-state index contributed by atoms with van der Waals surface area (Å²) in [5, 5.41) is -0.561. The van der Waals surface area contributed by atoms with Crippen LogP contribution < -0.4 is 0 Å². The molecule has 0 aromatic rings. The van der Waals surface area contributed by atoms with Crippen LogP contribution in [0.15, 0.2) is 17.2 Å². The van der Waals surface area contributed by atoms with Crippen molar-refractivity contribution in [2.75, 3.05) is 0 Å². The van der Waals surface area contributed by atoms with Crippen molar-refractivity contribution in [1.82, 2.24) is 0 Å². The van der Waals surface area contributed by atoms with Gasteiger partial charge in [0, 0.05) is 0 Å². The summed E-state index contributed by atoms with van der Waals surface area (Å²) >= 11 is 9.67. The van der Waals surface area contributed by atoms with Crippen molar-refractivity contribution in [3.63, 3.8) is 0 Å². The smallest absolute Gasteiger partial charge is 0.171 e. The first-order chi connectivity index (χ1) is 3.72. The van der Waals surface area contributed by atoms with Gasteiger partial charge in [0.15, 0.2) is 5.83 Å². The van der Waals surface area contributed by atoms with Gasteiger partial charge in [-0.05, 0) is 0 Å². The lowest BCUT2D eigenvalue weighted by molar-refractivity contribution is 0.602. The Bertz CT molecular complexity index is 112. The Kier molecular flexibility index (Phi) is 3.83. The number of rotatable bonds is 1. The maximum absolute atomic E-state index is 11.7. The molecule has 0 amide bonds. The fourth-order valence-corrected chi connectivity index (χ4v) is 0.225. The van der Waals surface area contributed by atoms with Gasteiger partial charge in [0.2, 0.25) is 0 Å². The van der Waals surface area contributed by atoms with Gasteiger partial charge in [-0.3, -0.25) is 0 Å². The molecule has 0 unspecified atom stereocenters. The molecule has 0 atom stereocenters. The Labute approximate surface area is 55.4 Å². The zero-order valence-corrected chi connectivity index (χ0v) is 5.10. The highest BCUT2D eigenvalue weighted by Gasteiger charge is 1.97. The second-order valence-electron chi connectivity index (χ2n) is 0.866. The van der Waals surface area contributed by atoms with E-state index in [-0.39, 0.29) is 6.33 Å². The van der Waals surface area contributed by atoms with E-state index in [1.54, 1.807) is 5.54 Å². The summed E-state index contributed by atoms with van der Waals surface area (Å²) in [6, 6.07) is 0. The average molecular weight is 158 g/mol. The summed E-state index contributed by atoms with van der Waals surface area (Å²) in [7, 11) is 0. The van der Waals surface area contributed by atoms with Crippen LogP contribution in [-0.2, 0) is 0 Å². The molecule has 0 N–H and O–H groups in total. The SMILES string of the molecule is FC=C(F)/C(Cl)=[C]/Cl. The predicted molar refractivity (Wildman–Crippen MR) is 28.8 cm³/mol. The summed E-state index contributed by atoms with van der Waals surface area (Å²) in [5.41, 5.74) is 1.69. The van der Waals surface area contributed by atoms with Crippen molar-refractivity contribution in [3.8, 4) is 0 Å². The van der Waals surface area contributed by atoms with Crippen LogP contribution in [0.2, 0.25) is 0 Å². The Hall–Kier alpha value is -0.0800. The minimum absolute atomic E-state index is 0.294. The van der Waals surface area contributed by atoms with Crippen molar-refractivity contribution in [2.24, 2.45) is 0 Å². The molecule has 0 aliphatic rings. The molecule has 0 heterocycles. The van der Waals surface area contributed by atoms with Crippen LogP contribution in [0.4, 0.5) is 8.78 Å². The molecule has 0 saturated heterocycles. The molecule has 0 aromatic carbocycles. The molecule has 4 heteroatoms. The van der Waals surface area contributed by atoms with E-state index in [4.69, 9.17) is 23.2 Å². The number of halogens is 4. The molecule has 1 radical (unpaired) electrons. The van der Waals surface area contributed by atoms with Crippen LogP contribution in [0.25, 0.3) is 0 Å². The van der Waals surface area contributed by atoms with Gasteiger partial charge in [-0.1, -0.05) is 23.2 Å². The first-order valence-corrected chi connectivity index (χ1v) is 2.33. The third-order valence-electron chi connectivity index (χ3n) is 0.388. The summed E-state index contributed by atoms with van der Waals surface area (Å²) in [6.45, 7) is 0. The number of hydrogen-bond donors (Lipinski definition) is 0. The monoisotopic (exact) mass is 157 g/mol. The highest BCUT2D eigenvalue weighted by molar-refractivity contribution is 6.36. The van der Waals surface area contributed by atoms with Crippen molar-refractivity contribution in [3.05, 3.63) is 22.7 Å². The molecule has 0 fully saturated rings. The average Bonchev–Trinajstić information content (AvgIpc) is 1.84. The second-order valence-corrected chi connectivity index (χ2v) is 1.43. The summed E-state index contributed by atoms with van der Waals surface area (Å²) < 4.78 is 22.8. The Morgan fingerprint density at radius 2 is 2.12 bits per heavy atom. The van der Waals surface area contributed by atoms with Crippen LogP contribution in [0.1, 0.15) is 0 Å². The molecule has 0 nitrogen and oxygen atoms in total. The molecule has 45 valence electrons. The summed E-state index contributed by atoms with van der Waals surface area (Å²) in [5.74, 6) is -1.22. The van der Waals surface area contributed by atoms with E-state index in [1.165, 1.54) is 0 Å². The summed E-state index contributed by atoms with van der Waals surface area (Å²) in [4.78, 5) is 0. The van der Waals surface area contributed by atoms with Gasteiger partial charge in [-0.25, -0.2) is 8.78 Å². The Balaban J connectivity index is 4.04. The van der Waals surface area contributed by atoms with E-state index in [0.717, 1.165) is 0 Å². The van der Waals surface area contributed by atoms with Gasteiger partial charge in [0.25, 0.3) is 0 Å². The largest absolute Gasteiger partial charge is 0.212 e. The molecule has 0 spiro atoms. The van der Waals surface area contributed by atoms with Crippen LogP contribution in [-0.4, -0.2) is 0 Å². The highest BCUT2D eigenvalue weighted by atomic mass is 35.5. The van der Waals surface area contributed by atoms with Crippen molar-refractivity contribution < 1.29 is 8.78 Å². The van der Waals surface area contributed by atoms with Crippen molar-refractivity contribution in [2.45, 2.75) is 0 Å². The fourth-order valence-electron chi connectivity index (χ4n) is 0.0930. The van der Waals surface area contributed by atoms with E-state index in [0.29, 0.717) is 0 Å². The van der Waals surface area contributed by atoms with Crippen LogP contribution in [0, 0.1) is 5.54 Å². The normalized spacial score (nSPS) is 14.5. The molecule has 0 rings (SSSR count). The van der Waals surface area contributed by atoms with E-state index in [2.05, 4.69) is 0 Å². The van der Waals surface area contributed by atoms with E-state index in [1.807, 2.05) is 0 Å². The number of hydrogen-bond acceptors (Lipinski definition) is 0. The molecule has 0 bridgehead atoms. The third kappa shape index (κ3) is 2.28. The van der Waals surface area contributed by atoms with Gasteiger partial charge < -0.3 is 0 Å². The lowest BCUT2D eigenvalue weighted by Gasteiger charge is -1.83. The minimum atomic E-state index is -1.22. The molecule has 0 saturated carbocycles. The van der Waals surface area contributed by atoms with Crippen LogP contribution in [0.5, 0.6) is 0 Å². The third-order valence-corrected chi connectivity index (χ3v) is 0.949. The van der Waals surface area contributed by atoms with Crippen molar-refractivity contribution in [1.29, 1.82) is 0 Å². The van der Waals surface area contributed by atoms with Gasteiger partial charge in [-0.15, -0.1) is 0 Å². The van der Waals surface area contributed by atoms with Crippen LogP contribution in [0.3, 0.4) is 0 Å². The predicted octanol–water partition coefficient (Wildman–Crippen LogP) is 2.89. The molecular formula is C4HCl2F2. The Morgan fingerprint density at radius 3 is 2.25 bits per heavy atom. The summed E-state index contributed by atoms with van der Waals surface area (Å²) in [6.07, 6.45) is -0.294. The number of allylic oxidation sites excluding steroid dienone is 2. The van der Waals surface area contributed by atoms with Crippen LogP contribution >= 0.6 is 23.2 Å². The molecular weight excluding hydrogens is 157 g/mol. The van der Waals surface area contributed by atoms with Gasteiger partial charge >= 0.3 is 0 Å². The second kappa shape index (κ2) is 3.87. The maximum atomic E-state index is 11.7. The standard InChI is InChI=1S/C4HCl2F2/c5-1-3(6)4(8)2-7/h2H. The Morgan fingerprint density at radius 1 is 1.62 bits per heavy atom. The van der Waals surface area contributed by atoms with E-state index in [9.17, 15) is 8.78 Å². The van der Waals surface area contributed by atoms with Gasteiger partial charge in [-0.2, -0.15) is 0 Å². The lowest BCUT2D eigenvalue weighted by Crippen LogP contribution is -1.67. The van der Waals surface area contributed by atoms with E-state index >= 15 is 0 Å². The molecule has 0 aromatic heterocycles. The van der Waals surface area contributed by atoms with E-state index < -0.39 is 10.9 Å². The minimum Gasteiger partial charge on any atom is -0.212 e. The zero-order chi connectivity index (χ0) is 6.57. The molecule has 0 aliphatic heterocycles. The van der Waals surface area contributed by atoms with Gasteiger partial charge in [0.05, 0.1) is 10.6 Å². The van der Waals surface area contributed by atoms with Gasteiger partial charge in [0.1, 0.15) is 6.33 Å². The fraction of sp³-hybridized carbons (Fsp3) is 0. The topological polar surface area (TPSA) is 0 Å². The lowest BCUT2D eigenvalue weighted by atomic mass is 10.6. The molecule has 0 aliphatic carbocycles. The highest BCUT2D eigenvalue weighted by Crippen LogP contribution is 2.15. The molecule has 8 heavy (non-hydrogen) atoms. The quantitative estimate of drug-likeness (QED) is 0.514. The zero-order valence-electron chi connectivity index (χ0n) is 3.59. The first-order valence-electron chi connectivity index (χ1n) is 1.57. The first kappa shape index (κ1) is 7.92. The maximum Gasteiger partial charge on any atom is 0.171 e. The van der Waals surface area contributed by atoms with Crippen molar-refractivity contribution >= 4 is 23.2 Å².